The number of thiophene rings is 2. The van der Waals surface area contributed by atoms with E-state index in [4.69, 9.17) is 0 Å². The minimum absolute atomic E-state index is 0.184. The molecule has 0 spiro atoms. The van der Waals surface area contributed by atoms with E-state index in [1.54, 1.807) is 22.7 Å². The Morgan fingerprint density at radius 3 is 1.28 bits per heavy atom. The minimum atomic E-state index is 0.184. The largest absolute Gasteiger partial charge is 0.298 e. The summed E-state index contributed by atoms with van der Waals surface area (Å²) in [6.07, 6.45) is 6.35. The lowest BCUT2D eigenvalue weighted by Gasteiger charge is -2.34. The number of rotatable bonds is 16. The molecule has 2 aromatic heterocycles. The summed E-state index contributed by atoms with van der Waals surface area (Å²) < 4.78 is 2.08. The lowest BCUT2D eigenvalue weighted by molar-refractivity contribution is 0.104. The highest BCUT2D eigenvalue weighted by Gasteiger charge is 2.25. The van der Waals surface area contributed by atoms with Crippen LogP contribution in [0, 0.1) is 0 Å². The molecular weight excluding hydrogens is 616 g/mol. The van der Waals surface area contributed by atoms with Gasteiger partial charge in [0.15, 0.2) is 0 Å². The first kappa shape index (κ1) is 32.2. The maximum absolute atomic E-state index is 13.9. The summed E-state index contributed by atoms with van der Waals surface area (Å²) in [5.74, 6) is 0.184. The predicted octanol–water partition coefficient (Wildman–Crippen LogP) is 9.45. The van der Waals surface area contributed by atoms with E-state index in [1.807, 2.05) is 0 Å². The van der Waals surface area contributed by atoms with Crippen molar-refractivity contribution < 1.29 is 4.79 Å². The van der Waals surface area contributed by atoms with Crippen molar-refractivity contribution in [2.75, 3.05) is 13.1 Å². The van der Waals surface area contributed by atoms with Gasteiger partial charge in [0, 0.05) is 37.3 Å². The molecule has 0 amide bonds. The first-order chi connectivity index (χ1) is 17.1. The molecule has 2 rings (SSSR count). The molecule has 204 valence electrons. The van der Waals surface area contributed by atoms with Crippen LogP contribution < -0.4 is 0 Å². The molecule has 0 aliphatic rings. The second kappa shape index (κ2) is 15.5. The first-order valence-electron chi connectivity index (χ1n) is 13.7. The number of halogens is 2. The van der Waals surface area contributed by atoms with Crippen molar-refractivity contribution in [2.24, 2.45) is 0 Å². The van der Waals surface area contributed by atoms with Crippen LogP contribution in [0.2, 0.25) is 0 Å². The summed E-state index contributed by atoms with van der Waals surface area (Å²) in [7, 11) is 0. The van der Waals surface area contributed by atoms with E-state index in [9.17, 15) is 4.79 Å². The SMILES string of the molecule is CCC(C)N(CCc1cc(Br)sc1C(=O)c1sc(Br)cc1CCN(C(C)CC)C(C)CC)C(C)CC. The van der Waals surface area contributed by atoms with Crippen LogP contribution in [-0.4, -0.2) is 52.8 Å². The quantitative estimate of drug-likeness (QED) is 0.167. The van der Waals surface area contributed by atoms with Gasteiger partial charge in [-0.1, -0.05) is 27.7 Å². The molecule has 2 heterocycles. The van der Waals surface area contributed by atoms with Crippen LogP contribution in [0.4, 0.5) is 0 Å². The number of hydrogen-bond donors (Lipinski definition) is 0. The number of nitrogens with zero attached hydrogens (tertiary/aromatic N) is 2. The van der Waals surface area contributed by atoms with Crippen LogP contribution in [0.3, 0.4) is 0 Å². The molecule has 36 heavy (non-hydrogen) atoms. The Bertz CT molecular complexity index is 863. The Balaban J connectivity index is 2.27. The zero-order valence-corrected chi connectivity index (χ0v) is 28.3. The van der Waals surface area contributed by atoms with Crippen LogP contribution in [0.25, 0.3) is 0 Å². The number of ketones is 1. The lowest BCUT2D eigenvalue weighted by Crippen LogP contribution is -2.41. The fourth-order valence-electron chi connectivity index (χ4n) is 4.84. The van der Waals surface area contributed by atoms with E-state index >= 15 is 0 Å². The van der Waals surface area contributed by atoms with Crippen LogP contribution in [0.15, 0.2) is 19.7 Å². The van der Waals surface area contributed by atoms with Gasteiger partial charge in [-0.15, -0.1) is 22.7 Å². The van der Waals surface area contributed by atoms with E-state index in [0.717, 1.165) is 68.9 Å². The molecule has 0 saturated carbocycles. The van der Waals surface area contributed by atoms with Crippen molar-refractivity contribution in [2.45, 2.75) is 118 Å². The maximum Gasteiger partial charge on any atom is 0.213 e. The number of carbonyl (C=O) groups excluding carboxylic acids is 1. The standard InChI is InChI=1S/C29H46Br2N2OS2/c1-9-19(5)32(20(6)10-2)15-13-23-17-25(30)35-28(23)27(34)29-24(18-26(31)36-29)14-16-33(21(7)11-3)22(8)12-4/h17-22H,9-16H2,1-8H3. The third kappa shape index (κ3) is 8.47. The topological polar surface area (TPSA) is 23.6 Å². The van der Waals surface area contributed by atoms with Gasteiger partial charge in [-0.25, -0.2) is 0 Å². The molecule has 7 heteroatoms. The highest BCUT2D eigenvalue weighted by atomic mass is 79.9. The van der Waals surface area contributed by atoms with Crippen molar-refractivity contribution in [3.05, 3.63) is 40.6 Å². The summed E-state index contributed by atoms with van der Waals surface area (Å²) in [4.78, 5) is 20.9. The minimum Gasteiger partial charge on any atom is -0.298 e. The summed E-state index contributed by atoms with van der Waals surface area (Å²) >= 11 is 10.5. The van der Waals surface area contributed by atoms with Crippen molar-refractivity contribution in [1.82, 2.24) is 9.80 Å². The van der Waals surface area contributed by atoms with Gasteiger partial charge in [-0.05, 0) is 121 Å². The Labute approximate surface area is 245 Å². The number of hydrogen-bond acceptors (Lipinski definition) is 5. The normalized spacial score (nSPS) is 15.4. The molecule has 0 fully saturated rings. The highest BCUT2D eigenvalue weighted by molar-refractivity contribution is 9.11. The van der Waals surface area contributed by atoms with E-state index < -0.39 is 0 Å². The third-order valence-corrected chi connectivity index (χ3v) is 11.2. The molecule has 2 aromatic rings. The molecule has 4 atom stereocenters. The van der Waals surface area contributed by atoms with Crippen molar-refractivity contribution >= 4 is 60.3 Å². The van der Waals surface area contributed by atoms with E-state index in [0.29, 0.717) is 24.2 Å². The fraction of sp³-hybridized carbons (Fsp3) is 0.690. The van der Waals surface area contributed by atoms with Gasteiger partial charge < -0.3 is 0 Å². The van der Waals surface area contributed by atoms with Gasteiger partial charge >= 0.3 is 0 Å². The van der Waals surface area contributed by atoms with E-state index in [1.165, 1.54) is 11.1 Å². The average molecular weight is 663 g/mol. The Morgan fingerprint density at radius 1 is 0.694 bits per heavy atom. The zero-order valence-electron chi connectivity index (χ0n) is 23.5. The molecule has 3 nitrogen and oxygen atoms in total. The van der Waals surface area contributed by atoms with Crippen molar-refractivity contribution in [3.8, 4) is 0 Å². The third-order valence-electron chi connectivity index (χ3n) is 7.88. The molecule has 0 aliphatic carbocycles. The Morgan fingerprint density at radius 2 is 1.00 bits per heavy atom. The highest BCUT2D eigenvalue weighted by Crippen LogP contribution is 2.35. The van der Waals surface area contributed by atoms with Gasteiger partial charge in [0.25, 0.3) is 0 Å². The van der Waals surface area contributed by atoms with Gasteiger partial charge in [-0.2, -0.15) is 0 Å². The van der Waals surface area contributed by atoms with Crippen LogP contribution in [0.1, 0.15) is 107 Å². The summed E-state index contributed by atoms with van der Waals surface area (Å²) in [5.41, 5.74) is 2.34. The second-order valence-electron chi connectivity index (χ2n) is 10.1. The van der Waals surface area contributed by atoms with E-state index in [-0.39, 0.29) is 5.78 Å². The molecule has 0 radical (unpaired) electrons. The van der Waals surface area contributed by atoms with Gasteiger partial charge in [-0.3, -0.25) is 14.6 Å². The Hall–Kier alpha value is -0.0500. The van der Waals surface area contributed by atoms with Crippen molar-refractivity contribution in [3.63, 3.8) is 0 Å². The predicted molar refractivity (Wildman–Crippen MR) is 167 cm³/mol. The molecule has 0 saturated heterocycles. The summed E-state index contributed by atoms with van der Waals surface area (Å²) in [6, 6.07) is 6.50. The fourth-order valence-corrected chi connectivity index (χ4v) is 8.19. The molecule has 4 unspecified atom stereocenters. The molecule has 0 bridgehead atoms. The van der Waals surface area contributed by atoms with Crippen LogP contribution in [0.5, 0.6) is 0 Å². The zero-order chi connectivity index (χ0) is 27.0. The van der Waals surface area contributed by atoms with Crippen LogP contribution >= 0.6 is 54.5 Å². The lowest BCUT2D eigenvalue weighted by atomic mass is 10.0. The Kier molecular flexibility index (Phi) is 13.9. The molecule has 0 N–H and O–H groups in total. The van der Waals surface area contributed by atoms with Crippen molar-refractivity contribution in [1.29, 1.82) is 0 Å². The first-order valence-corrected chi connectivity index (χ1v) is 16.9. The van der Waals surface area contributed by atoms with E-state index in [2.05, 4.69) is 109 Å². The smallest absolute Gasteiger partial charge is 0.213 e. The molecular formula is C29H46Br2N2OS2. The number of carbonyl (C=O) groups is 1. The van der Waals surface area contributed by atoms with Crippen LogP contribution in [-0.2, 0) is 12.8 Å². The van der Waals surface area contributed by atoms with Gasteiger partial charge in [0.2, 0.25) is 5.78 Å². The molecule has 0 aliphatic heterocycles. The second-order valence-corrected chi connectivity index (χ2v) is 15.0. The average Bonchev–Trinajstić information content (AvgIpc) is 3.44. The monoisotopic (exact) mass is 660 g/mol. The summed E-state index contributed by atoms with van der Waals surface area (Å²) in [6.45, 7) is 20.3. The summed E-state index contributed by atoms with van der Waals surface area (Å²) in [5, 5.41) is 0. The molecule has 0 aromatic carbocycles. The maximum atomic E-state index is 13.9. The van der Waals surface area contributed by atoms with Gasteiger partial charge in [0.05, 0.1) is 17.3 Å². The van der Waals surface area contributed by atoms with Gasteiger partial charge in [0.1, 0.15) is 0 Å².